The van der Waals surface area contributed by atoms with E-state index in [2.05, 4.69) is 18.7 Å². The number of aliphatic hydroxyl groups is 1. The highest BCUT2D eigenvalue weighted by atomic mass is 35.5. The fraction of sp³-hybridized carbons (Fsp3) is 0.909. The van der Waals surface area contributed by atoms with Crippen LogP contribution in [0.1, 0.15) is 39.5 Å². The summed E-state index contributed by atoms with van der Waals surface area (Å²) in [6.45, 7) is 6.76. The van der Waals surface area contributed by atoms with Gasteiger partial charge in [-0.1, -0.05) is 26.7 Å². The van der Waals surface area contributed by atoms with E-state index >= 15 is 0 Å². The summed E-state index contributed by atoms with van der Waals surface area (Å²) in [5.41, 5.74) is 0. The molecule has 1 atom stereocenters. The van der Waals surface area contributed by atoms with Gasteiger partial charge in [0.2, 0.25) is 0 Å². The van der Waals surface area contributed by atoms with E-state index in [1.54, 1.807) is 0 Å². The number of nitrogens with zero attached hydrogens (tertiary/aromatic N) is 1. The molecule has 1 unspecified atom stereocenters. The zero-order valence-electron chi connectivity index (χ0n) is 9.82. The number of carbonyl (C=O) groups is 1. The summed E-state index contributed by atoms with van der Waals surface area (Å²) in [4.78, 5) is 12.5. The molecule has 15 heavy (non-hydrogen) atoms. The van der Waals surface area contributed by atoms with E-state index < -0.39 is 6.10 Å². The summed E-state index contributed by atoms with van der Waals surface area (Å²) < 4.78 is 0. The molecule has 0 radical (unpaired) electrons. The molecule has 0 saturated carbocycles. The third kappa shape index (κ3) is 10.2. The SMILES string of the molecule is CCCCN(CCCC)CC(O)C=O.Cl. The van der Waals surface area contributed by atoms with Crippen molar-refractivity contribution in [2.45, 2.75) is 45.6 Å². The molecule has 4 heteroatoms. The number of unbranched alkanes of at least 4 members (excludes halogenated alkanes) is 2. The highest BCUT2D eigenvalue weighted by Crippen LogP contribution is 2.00. The molecule has 1 N–H and O–H groups in total. The molecule has 0 amide bonds. The Hall–Kier alpha value is -0.120. The van der Waals surface area contributed by atoms with Crippen LogP contribution in [0.4, 0.5) is 0 Å². The van der Waals surface area contributed by atoms with E-state index in [-0.39, 0.29) is 12.4 Å². The Morgan fingerprint density at radius 3 is 2.00 bits per heavy atom. The lowest BCUT2D eigenvalue weighted by Crippen LogP contribution is -2.34. The molecule has 0 fully saturated rings. The minimum atomic E-state index is -0.816. The minimum Gasteiger partial charge on any atom is -0.384 e. The van der Waals surface area contributed by atoms with Gasteiger partial charge >= 0.3 is 0 Å². The Labute approximate surface area is 99.3 Å². The van der Waals surface area contributed by atoms with Gasteiger partial charge in [0.1, 0.15) is 12.4 Å². The second kappa shape index (κ2) is 12.0. The maximum Gasteiger partial charge on any atom is 0.149 e. The van der Waals surface area contributed by atoms with Crippen molar-refractivity contribution in [1.82, 2.24) is 4.90 Å². The third-order valence-electron chi connectivity index (χ3n) is 2.26. The number of hydrogen-bond donors (Lipinski definition) is 1. The van der Waals surface area contributed by atoms with Gasteiger partial charge in [0.25, 0.3) is 0 Å². The molecule has 0 spiro atoms. The van der Waals surface area contributed by atoms with Crippen molar-refractivity contribution < 1.29 is 9.90 Å². The topological polar surface area (TPSA) is 40.5 Å². The summed E-state index contributed by atoms with van der Waals surface area (Å²) in [5, 5.41) is 9.22. The Kier molecular flexibility index (Phi) is 13.8. The molecule has 0 saturated heterocycles. The fourth-order valence-electron chi connectivity index (χ4n) is 1.37. The third-order valence-corrected chi connectivity index (χ3v) is 2.26. The van der Waals surface area contributed by atoms with Gasteiger partial charge in [-0.15, -0.1) is 12.4 Å². The molecule has 0 heterocycles. The molecule has 0 aromatic heterocycles. The highest BCUT2D eigenvalue weighted by molar-refractivity contribution is 5.85. The summed E-state index contributed by atoms with van der Waals surface area (Å²) in [6, 6.07) is 0. The molecule has 0 aliphatic heterocycles. The number of hydrogen-bond acceptors (Lipinski definition) is 3. The van der Waals surface area contributed by atoms with Crippen molar-refractivity contribution in [1.29, 1.82) is 0 Å². The molecular formula is C11H24ClNO2. The smallest absolute Gasteiger partial charge is 0.149 e. The molecule has 0 rings (SSSR count). The summed E-state index contributed by atoms with van der Waals surface area (Å²) in [7, 11) is 0. The number of rotatable bonds is 9. The van der Waals surface area contributed by atoms with E-state index in [0.717, 1.165) is 38.8 Å². The van der Waals surface area contributed by atoms with Crippen molar-refractivity contribution in [2.75, 3.05) is 19.6 Å². The fourth-order valence-corrected chi connectivity index (χ4v) is 1.37. The van der Waals surface area contributed by atoms with Crippen LogP contribution >= 0.6 is 12.4 Å². The van der Waals surface area contributed by atoms with Crippen LogP contribution in [-0.4, -0.2) is 42.0 Å². The van der Waals surface area contributed by atoms with E-state index in [9.17, 15) is 9.90 Å². The molecule has 0 bridgehead atoms. The van der Waals surface area contributed by atoms with Crippen LogP contribution in [-0.2, 0) is 4.79 Å². The zero-order chi connectivity index (χ0) is 10.8. The van der Waals surface area contributed by atoms with E-state index in [1.165, 1.54) is 0 Å². The summed E-state index contributed by atoms with van der Waals surface area (Å²) in [6.07, 6.45) is 4.37. The van der Waals surface area contributed by atoms with Gasteiger partial charge in [0.05, 0.1) is 0 Å². The number of aldehydes is 1. The Balaban J connectivity index is 0. The van der Waals surface area contributed by atoms with Gasteiger partial charge in [-0.25, -0.2) is 0 Å². The van der Waals surface area contributed by atoms with Crippen LogP contribution in [0.2, 0.25) is 0 Å². The molecule has 0 aromatic carbocycles. The van der Waals surface area contributed by atoms with E-state index in [4.69, 9.17) is 0 Å². The van der Waals surface area contributed by atoms with Crippen LogP contribution < -0.4 is 0 Å². The predicted octanol–water partition coefficient (Wildman–Crippen LogP) is 1.87. The summed E-state index contributed by atoms with van der Waals surface area (Å²) >= 11 is 0. The van der Waals surface area contributed by atoms with Crippen molar-refractivity contribution in [3.63, 3.8) is 0 Å². The van der Waals surface area contributed by atoms with Gasteiger partial charge in [0.15, 0.2) is 0 Å². The minimum absolute atomic E-state index is 0. The first-order chi connectivity index (χ1) is 6.74. The summed E-state index contributed by atoms with van der Waals surface area (Å²) in [5.74, 6) is 0. The molecule has 92 valence electrons. The molecule has 0 aromatic rings. The number of carbonyl (C=O) groups excluding carboxylic acids is 1. The standard InChI is InChI=1S/C11H23NO2.ClH/c1-3-5-7-12(8-6-4-2)9-11(14)10-13;/h10-11,14H,3-9H2,1-2H3;1H. The normalized spacial score (nSPS) is 12.3. The van der Waals surface area contributed by atoms with E-state index in [0.29, 0.717) is 12.8 Å². The lowest BCUT2D eigenvalue weighted by Gasteiger charge is -2.22. The monoisotopic (exact) mass is 237 g/mol. The number of halogens is 1. The van der Waals surface area contributed by atoms with Crippen molar-refractivity contribution >= 4 is 18.7 Å². The lowest BCUT2D eigenvalue weighted by atomic mass is 10.2. The second-order valence-electron chi connectivity index (χ2n) is 3.71. The quantitative estimate of drug-likeness (QED) is 0.623. The first kappa shape index (κ1) is 17.3. The average molecular weight is 238 g/mol. The van der Waals surface area contributed by atoms with Gasteiger partial charge in [-0.2, -0.15) is 0 Å². The van der Waals surface area contributed by atoms with Gasteiger partial charge in [0, 0.05) is 6.54 Å². The molecular weight excluding hydrogens is 214 g/mol. The first-order valence-electron chi connectivity index (χ1n) is 5.60. The Morgan fingerprint density at radius 2 is 1.67 bits per heavy atom. The molecule has 3 nitrogen and oxygen atoms in total. The van der Waals surface area contributed by atoms with Crippen molar-refractivity contribution in [3.8, 4) is 0 Å². The van der Waals surface area contributed by atoms with Crippen molar-refractivity contribution in [3.05, 3.63) is 0 Å². The van der Waals surface area contributed by atoms with Crippen LogP contribution in [0, 0.1) is 0 Å². The zero-order valence-corrected chi connectivity index (χ0v) is 10.6. The average Bonchev–Trinajstić information content (AvgIpc) is 2.21. The van der Waals surface area contributed by atoms with Crippen LogP contribution in [0.25, 0.3) is 0 Å². The molecule has 0 aliphatic carbocycles. The first-order valence-corrected chi connectivity index (χ1v) is 5.60. The van der Waals surface area contributed by atoms with E-state index in [1.807, 2.05) is 0 Å². The van der Waals surface area contributed by atoms with Gasteiger partial charge in [-0.05, 0) is 25.9 Å². The largest absolute Gasteiger partial charge is 0.384 e. The lowest BCUT2D eigenvalue weighted by molar-refractivity contribution is -0.115. The maximum absolute atomic E-state index is 10.3. The van der Waals surface area contributed by atoms with Crippen molar-refractivity contribution in [2.24, 2.45) is 0 Å². The molecule has 0 aliphatic rings. The Bertz CT molecular complexity index is 137. The highest BCUT2D eigenvalue weighted by Gasteiger charge is 2.09. The van der Waals surface area contributed by atoms with Gasteiger partial charge < -0.3 is 14.8 Å². The van der Waals surface area contributed by atoms with Gasteiger partial charge in [-0.3, -0.25) is 0 Å². The van der Waals surface area contributed by atoms with Crippen LogP contribution in [0.5, 0.6) is 0 Å². The number of aliphatic hydroxyl groups excluding tert-OH is 1. The van der Waals surface area contributed by atoms with Crippen LogP contribution in [0.3, 0.4) is 0 Å². The maximum atomic E-state index is 10.3. The Morgan fingerprint density at radius 1 is 1.20 bits per heavy atom. The van der Waals surface area contributed by atoms with Crippen LogP contribution in [0.15, 0.2) is 0 Å². The second-order valence-corrected chi connectivity index (χ2v) is 3.71. The predicted molar refractivity (Wildman–Crippen MR) is 65.6 cm³/mol.